The Hall–Kier alpha value is -3.48. The normalized spacial score (nSPS) is 13.8. The van der Waals surface area contributed by atoms with E-state index < -0.39 is 29.0 Å². The van der Waals surface area contributed by atoms with Crippen LogP contribution in [0.1, 0.15) is 44.5 Å². The van der Waals surface area contributed by atoms with E-state index in [-0.39, 0.29) is 19.0 Å². The highest BCUT2D eigenvalue weighted by atomic mass is 19.4. The second kappa shape index (κ2) is 9.41. The van der Waals surface area contributed by atoms with Crippen LogP contribution < -0.4 is 10.5 Å². The van der Waals surface area contributed by atoms with Crippen molar-refractivity contribution in [3.63, 3.8) is 0 Å². The van der Waals surface area contributed by atoms with Crippen molar-refractivity contribution in [3.05, 3.63) is 51.4 Å². The van der Waals surface area contributed by atoms with Gasteiger partial charge in [-0.1, -0.05) is 5.92 Å². The molecule has 34 heavy (non-hydrogen) atoms. The molecule has 2 heterocycles. The van der Waals surface area contributed by atoms with Crippen LogP contribution in [0, 0.1) is 12.3 Å². The van der Waals surface area contributed by atoms with E-state index in [9.17, 15) is 22.8 Å². The molecule has 1 aromatic carbocycles. The quantitative estimate of drug-likeness (QED) is 0.614. The lowest BCUT2D eigenvalue weighted by molar-refractivity contribution is -0.137. The van der Waals surface area contributed by atoms with Crippen LogP contribution in [0.15, 0.2) is 29.1 Å². The van der Waals surface area contributed by atoms with Crippen molar-refractivity contribution in [2.75, 3.05) is 18.0 Å². The van der Waals surface area contributed by atoms with E-state index in [1.807, 2.05) is 0 Å². The predicted octanol–water partition coefficient (Wildman–Crippen LogP) is 4.35. The molecule has 0 saturated carbocycles. The van der Waals surface area contributed by atoms with Crippen LogP contribution in [0.3, 0.4) is 0 Å². The van der Waals surface area contributed by atoms with Crippen LogP contribution in [0.2, 0.25) is 0 Å². The Bertz CT molecular complexity index is 1160. The van der Waals surface area contributed by atoms with Crippen LogP contribution in [0.4, 0.5) is 29.6 Å². The van der Waals surface area contributed by atoms with E-state index in [1.165, 1.54) is 21.6 Å². The third kappa shape index (κ3) is 5.35. The monoisotopic (exact) mass is 476 g/mol. The first kappa shape index (κ1) is 25.1. The fourth-order valence-corrected chi connectivity index (χ4v) is 3.69. The molecule has 0 aliphatic carbocycles. The molecule has 10 heteroatoms. The van der Waals surface area contributed by atoms with Gasteiger partial charge in [-0.3, -0.25) is 9.36 Å². The minimum atomic E-state index is -4.45. The summed E-state index contributed by atoms with van der Waals surface area (Å²) in [7, 11) is 0. The number of terminal acetylenes is 1. The SMILES string of the molecule is C#CCn1c(N(CC)c2ccc(C(F)(F)F)cc2)nc2c(c1=O)CN(C(=O)OC(C)(C)C)CC2. The van der Waals surface area contributed by atoms with Crippen molar-refractivity contribution in [2.45, 2.75) is 59.0 Å². The lowest BCUT2D eigenvalue weighted by Crippen LogP contribution is -2.44. The largest absolute Gasteiger partial charge is 0.444 e. The maximum atomic E-state index is 13.4. The Morgan fingerprint density at radius 1 is 1.24 bits per heavy atom. The molecular weight excluding hydrogens is 449 g/mol. The molecule has 182 valence electrons. The second-order valence-corrected chi connectivity index (χ2v) is 8.87. The van der Waals surface area contributed by atoms with E-state index >= 15 is 0 Å². The van der Waals surface area contributed by atoms with Gasteiger partial charge in [0, 0.05) is 25.2 Å². The van der Waals surface area contributed by atoms with Crippen LogP contribution in [-0.2, 0) is 30.4 Å². The van der Waals surface area contributed by atoms with Crippen molar-refractivity contribution in [1.82, 2.24) is 14.5 Å². The molecule has 0 atom stereocenters. The van der Waals surface area contributed by atoms with Gasteiger partial charge >= 0.3 is 12.3 Å². The van der Waals surface area contributed by atoms with E-state index in [0.29, 0.717) is 36.5 Å². The van der Waals surface area contributed by atoms with Gasteiger partial charge in [0.25, 0.3) is 5.56 Å². The van der Waals surface area contributed by atoms with Gasteiger partial charge in [-0.15, -0.1) is 6.42 Å². The summed E-state index contributed by atoms with van der Waals surface area (Å²) in [6.07, 6.45) is 0.857. The molecule has 0 radical (unpaired) electrons. The van der Waals surface area contributed by atoms with Gasteiger partial charge in [-0.2, -0.15) is 13.2 Å². The molecule has 1 aromatic heterocycles. The Labute approximate surface area is 196 Å². The van der Waals surface area contributed by atoms with Gasteiger partial charge in [0.1, 0.15) is 5.60 Å². The van der Waals surface area contributed by atoms with E-state index in [0.717, 1.165) is 12.1 Å². The number of hydrogen-bond acceptors (Lipinski definition) is 5. The third-order valence-corrected chi connectivity index (χ3v) is 5.26. The van der Waals surface area contributed by atoms with E-state index in [4.69, 9.17) is 11.2 Å². The number of fused-ring (bicyclic) bond motifs is 1. The minimum Gasteiger partial charge on any atom is -0.444 e. The number of carbonyl (C=O) groups is 1. The fourth-order valence-electron chi connectivity index (χ4n) is 3.69. The smallest absolute Gasteiger partial charge is 0.416 e. The summed E-state index contributed by atoms with van der Waals surface area (Å²) in [5.41, 5.74) is -0.519. The molecular formula is C24H27F3N4O3. The van der Waals surface area contributed by atoms with E-state index in [1.54, 1.807) is 32.6 Å². The van der Waals surface area contributed by atoms with Gasteiger partial charge in [0.2, 0.25) is 5.95 Å². The topological polar surface area (TPSA) is 67.7 Å². The summed E-state index contributed by atoms with van der Waals surface area (Å²) in [5.74, 6) is 2.68. The number of alkyl halides is 3. The molecule has 7 nitrogen and oxygen atoms in total. The molecule has 1 amide bonds. The van der Waals surface area contributed by atoms with Crippen molar-refractivity contribution < 1.29 is 22.7 Å². The summed E-state index contributed by atoms with van der Waals surface area (Å²) < 4.78 is 45.7. The van der Waals surface area contributed by atoms with E-state index in [2.05, 4.69) is 10.9 Å². The highest BCUT2D eigenvalue weighted by Gasteiger charge is 2.32. The van der Waals surface area contributed by atoms with Crippen molar-refractivity contribution >= 4 is 17.7 Å². The molecule has 1 aliphatic rings. The van der Waals surface area contributed by atoms with Crippen molar-refractivity contribution in [1.29, 1.82) is 0 Å². The van der Waals surface area contributed by atoms with Gasteiger partial charge < -0.3 is 14.5 Å². The molecule has 1 aliphatic heterocycles. The summed E-state index contributed by atoms with van der Waals surface area (Å²) in [4.78, 5) is 33.7. The maximum absolute atomic E-state index is 13.4. The Kier molecular flexibility index (Phi) is 6.96. The number of benzene rings is 1. The van der Waals surface area contributed by atoms with Crippen molar-refractivity contribution in [2.24, 2.45) is 0 Å². The number of carbonyl (C=O) groups excluding carboxylic acids is 1. The minimum absolute atomic E-state index is 0.0351. The fraction of sp³-hybridized carbons (Fsp3) is 0.458. The number of ether oxygens (including phenoxy) is 1. The molecule has 0 saturated heterocycles. The average Bonchev–Trinajstić information content (AvgIpc) is 2.75. The lowest BCUT2D eigenvalue weighted by atomic mass is 10.1. The summed E-state index contributed by atoms with van der Waals surface area (Å²) >= 11 is 0. The Morgan fingerprint density at radius 2 is 1.88 bits per heavy atom. The first-order valence-corrected chi connectivity index (χ1v) is 10.8. The summed E-state index contributed by atoms with van der Waals surface area (Å²) in [6, 6.07) is 4.64. The van der Waals surface area contributed by atoms with Crippen LogP contribution in [0.5, 0.6) is 0 Å². The molecule has 0 spiro atoms. The van der Waals surface area contributed by atoms with Gasteiger partial charge in [0.05, 0.1) is 29.9 Å². The molecule has 0 bridgehead atoms. The number of nitrogens with zero attached hydrogens (tertiary/aromatic N) is 4. The second-order valence-electron chi connectivity index (χ2n) is 8.87. The molecule has 0 unspecified atom stereocenters. The molecule has 3 rings (SSSR count). The van der Waals surface area contributed by atoms with Crippen LogP contribution in [0.25, 0.3) is 0 Å². The first-order valence-electron chi connectivity index (χ1n) is 10.8. The number of amides is 1. The van der Waals surface area contributed by atoms with Crippen molar-refractivity contribution in [3.8, 4) is 12.3 Å². The zero-order chi connectivity index (χ0) is 25.3. The number of halogens is 3. The lowest BCUT2D eigenvalue weighted by Gasteiger charge is -2.32. The van der Waals surface area contributed by atoms with Gasteiger partial charge in [-0.25, -0.2) is 9.78 Å². The summed E-state index contributed by atoms with van der Waals surface area (Å²) in [6.45, 7) is 7.69. The van der Waals surface area contributed by atoms with Gasteiger partial charge in [-0.05, 0) is 52.0 Å². The Balaban J connectivity index is 2.02. The number of anilines is 2. The summed E-state index contributed by atoms with van der Waals surface area (Å²) in [5, 5.41) is 0. The number of rotatable bonds is 4. The predicted molar refractivity (Wildman–Crippen MR) is 122 cm³/mol. The maximum Gasteiger partial charge on any atom is 0.416 e. The van der Waals surface area contributed by atoms with Crippen LogP contribution >= 0.6 is 0 Å². The zero-order valence-corrected chi connectivity index (χ0v) is 19.6. The zero-order valence-electron chi connectivity index (χ0n) is 19.6. The highest BCUT2D eigenvalue weighted by molar-refractivity contribution is 5.68. The Morgan fingerprint density at radius 3 is 2.41 bits per heavy atom. The molecule has 0 fully saturated rings. The molecule has 0 N–H and O–H groups in total. The number of aromatic nitrogens is 2. The highest BCUT2D eigenvalue weighted by Crippen LogP contribution is 2.32. The number of hydrogen-bond donors (Lipinski definition) is 0. The molecule has 2 aromatic rings. The van der Waals surface area contributed by atoms with Crippen LogP contribution in [-0.4, -0.2) is 39.2 Å². The average molecular weight is 476 g/mol. The van der Waals surface area contributed by atoms with Gasteiger partial charge in [0.15, 0.2) is 0 Å². The standard InChI is InChI=1S/C24H27F3N4O3/c1-6-13-31-20(32)18-15-29(22(33)34-23(3,4)5)14-12-19(18)28-21(31)30(7-2)17-10-8-16(9-11-17)24(25,26)27/h1,8-11H,7,12-15H2,2-5H3. The third-order valence-electron chi connectivity index (χ3n) is 5.26. The first-order chi connectivity index (χ1) is 15.9.